The molecule has 0 radical (unpaired) electrons. The van der Waals surface area contributed by atoms with Gasteiger partial charge in [-0.3, -0.25) is 0 Å². The molecule has 0 spiro atoms. The van der Waals surface area contributed by atoms with Crippen molar-refractivity contribution in [2.24, 2.45) is 17.8 Å². The molecule has 0 unspecified atom stereocenters. The summed E-state index contributed by atoms with van der Waals surface area (Å²) in [6, 6.07) is 11.8. The predicted octanol–water partition coefficient (Wildman–Crippen LogP) is 7.03. The fraction of sp³-hybridized carbons (Fsp3) is 0.538. The van der Waals surface area contributed by atoms with Crippen LogP contribution in [-0.2, 0) is 13.2 Å². The number of hydrogen-bond acceptors (Lipinski definition) is 3. The van der Waals surface area contributed by atoms with Crippen molar-refractivity contribution in [1.82, 2.24) is 5.32 Å². The molecule has 0 amide bonds. The van der Waals surface area contributed by atoms with Gasteiger partial charge in [-0.2, -0.15) is 0 Å². The molecular formula is C26H31Cl2NO2. The van der Waals surface area contributed by atoms with E-state index in [1.807, 2.05) is 37.3 Å². The highest BCUT2D eigenvalue weighted by Gasteiger charge is 2.50. The maximum absolute atomic E-state index is 6.66. The standard InChI is InChI=1S/C26H31Cl2NO2/c1-2-30-24-11-21(10-23(28)25(24)31-16-17-3-5-22(27)6-4-17)15-29-26-12-18-7-19(13-26)9-20(8-18)14-26/h3-6,10-11,18-20,29H,2,7-9,12-16H2,1H3. The van der Waals surface area contributed by atoms with E-state index in [2.05, 4.69) is 11.4 Å². The summed E-state index contributed by atoms with van der Waals surface area (Å²) in [7, 11) is 0. The van der Waals surface area contributed by atoms with E-state index in [4.69, 9.17) is 32.7 Å². The average molecular weight is 460 g/mol. The van der Waals surface area contributed by atoms with Crippen LogP contribution in [0.15, 0.2) is 36.4 Å². The lowest BCUT2D eigenvalue weighted by atomic mass is 9.53. The molecular weight excluding hydrogens is 429 g/mol. The van der Waals surface area contributed by atoms with Gasteiger partial charge in [-0.05, 0) is 98.6 Å². The van der Waals surface area contributed by atoms with Gasteiger partial charge in [0.05, 0.1) is 11.6 Å². The first-order valence-corrected chi connectivity index (χ1v) is 12.3. The second kappa shape index (κ2) is 8.84. The molecule has 5 heteroatoms. The maximum atomic E-state index is 6.66. The lowest BCUT2D eigenvalue weighted by Crippen LogP contribution is -2.58. The van der Waals surface area contributed by atoms with Crippen LogP contribution in [0.2, 0.25) is 10.0 Å². The predicted molar refractivity (Wildman–Crippen MR) is 126 cm³/mol. The van der Waals surface area contributed by atoms with Crippen molar-refractivity contribution in [3.63, 3.8) is 0 Å². The van der Waals surface area contributed by atoms with Crippen LogP contribution in [0, 0.1) is 17.8 Å². The van der Waals surface area contributed by atoms with Gasteiger partial charge < -0.3 is 14.8 Å². The number of halogens is 2. The minimum atomic E-state index is 0.330. The van der Waals surface area contributed by atoms with Gasteiger partial charge in [-0.1, -0.05) is 35.3 Å². The third-order valence-corrected chi connectivity index (χ3v) is 7.90. The van der Waals surface area contributed by atoms with Crippen molar-refractivity contribution in [2.45, 2.75) is 64.1 Å². The summed E-state index contributed by atoms with van der Waals surface area (Å²) in [5, 5.41) is 5.27. The van der Waals surface area contributed by atoms with Crippen LogP contribution in [0.25, 0.3) is 0 Å². The molecule has 2 aromatic carbocycles. The number of rotatable bonds is 8. The largest absolute Gasteiger partial charge is 0.490 e. The van der Waals surface area contributed by atoms with E-state index in [0.29, 0.717) is 40.3 Å². The summed E-state index contributed by atoms with van der Waals surface area (Å²) < 4.78 is 12.0. The Labute approximate surface area is 195 Å². The van der Waals surface area contributed by atoms with Crippen LogP contribution in [0.5, 0.6) is 11.5 Å². The molecule has 0 heterocycles. The van der Waals surface area contributed by atoms with Crippen molar-refractivity contribution in [2.75, 3.05) is 6.61 Å². The van der Waals surface area contributed by atoms with E-state index in [-0.39, 0.29) is 0 Å². The van der Waals surface area contributed by atoms with Gasteiger partial charge in [-0.15, -0.1) is 0 Å². The van der Waals surface area contributed by atoms with Crippen molar-refractivity contribution in [3.8, 4) is 11.5 Å². The second-order valence-corrected chi connectivity index (χ2v) is 10.6. The fourth-order valence-electron chi connectivity index (χ4n) is 6.48. The smallest absolute Gasteiger partial charge is 0.180 e. The highest BCUT2D eigenvalue weighted by molar-refractivity contribution is 6.32. The molecule has 0 saturated heterocycles. The first-order chi connectivity index (χ1) is 15.0. The monoisotopic (exact) mass is 459 g/mol. The zero-order valence-electron chi connectivity index (χ0n) is 18.1. The normalized spacial score (nSPS) is 28.7. The quantitative estimate of drug-likeness (QED) is 0.459. The molecule has 4 fully saturated rings. The summed E-state index contributed by atoms with van der Waals surface area (Å²) >= 11 is 12.6. The number of benzene rings is 2. The summed E-state index contributed by atoms with van der Waals surface area (Å²) in [4.78, 5) is 0. The minimum absolute atomic E-state index is 0.330. The Kier molecular flexibility index (Phi) is 6.11. The number of hydrogen-bond donors (Lipinski definition) is 1. The van der Waals surface area contributed by atoms with Crippen LogP contribution in [0.1, 0.15) is 56.6 Å². The second-order valence-electron chi connectivity index (χ2n) is 9.80. The van der Waals surface area contributed by atoms with Crippen LogP contribution >= 0.6 is 23.2 Å². The highest BCUT2D eigenvalue weighted by Crippen LogP contribution is 2.55. The number of nitrogens with one attached hydrogen (secondary N) is 1. The minimum Gasteiger partial charge on any atom is -0.490 e. The molecule has 0 aliphatic heterocycles. The fourth-order valence-corrected chi connectivity index (χ4v) is 6.89. The van der Waals surface area contributed by atoms with E-state index in [1.165, 1.54) is 38.5 Å². The SMILES string of the molecule is CCOc1cc(CNC23CC4CC(CC(C4)C2)C3)cc(Cl)c1OCc1ccc(Cl)cc1. The molecule has 0 atom stereocenters. The van der Waals surface area contributed by atoms with Crippen molar-refractivity contribution in [1.29, 1.82) is 0 Å². The molecule has 2 aromatic rings. The molecule has 4 aliphatic rings. The van der Waals surface area contributed by atoms with Crippen molar-refractivity contribution in [3.05, 3.63) is 57.6 Å². The van der Waals surface area contributed by atoms with Gasteiger partial charge >= 0.3 is 0 Å². The summed E-state index contributed by atoms with van der Waals surface area (Å²) in [6.07, 6.45) is 8.40. The Bertz CT molecular complexity index is 892. The van der Waals surface area contributed by atoms with E-state index >= 15 is 0 Å². The summed E-state index contributed by atoms with van der Waals surface area (Å²) in [5.41, 5.74) is 2.52. The topological polar surface area (TPSA) is 30.5 Å². The van der Waals surface area contributed by atoms with E-state index < -0.39 is 0 Å². The maximum Gasteiger partial charge on any atom is 0.180 e. The summed E-state index contributed by atoms with van der Waals surface area (Å²) in [6.45, 7) is 3.79. The highest BCUT2D eigenvalue weighted by atomic mass is 35.5. The number of ether oxygens (including phenoxy) is 2. The summed E-state index contributed by atoms with van der Waals surface area (Å²) in [5.74, 6) is 4.13. The van der Waals surface area contributed by atoms with Crippen LogP contribution in [0.3, 0.4) is 0 Å². The molecule has 4 saturated carbocycles. The van der Waals surface area contributed by atoms with Gasteiger partial charge in [0, 0.05) is 17.1 Å². The van der Waals surface area contributed by atoms with E-state index in [9.17, 15) is 0 Å². The Balaban J connectivity index is 1.29. The Morgan fingerprint density at radius 3 is 2.16 bits per heavy atom. The van der Waals surface area contributed by atoms with Gasteiger partial charge in [0.1, 0.15) is 6.61 Å². The zero-order valence-corrected chi connectivity index (χ0v) is 19.6. The molecule has 4 bridgehead atoms. The van der Waals surface area contributed by atoms with Crippen molar-refractivity contribution >= 4 is 23.2 Å². The Hall–Kier alpha value is -1.42. The molecule has 1 N–H and O–H groups in total. The zero-order chi connectivity index (χ0) is 21.4. The Morgan fingerprint density at radius 1 is 0.903 bits per heavy atom. The molecule has 3 nitrogen and oxygen atoms in total. The van der Waals surface area contributed by atoms with Gasteiger partial charge in [0.2, 0.25) is 0 Å². The third kappa shape index (κ3) is 4.69. The molecule has 4 aliphatic carbocycles. The molecule has 166 valence electrons. The van der Waals surface area contributed by atoms with E-state index in [1.54, 1.807) is 0 Å². The van der Waals surface area contributed by atoms with Crippen molar-refractivity contribution < 1.29 is 9.47 Å². The van der Waals surface area contributed by atoms with E-state index in [0.717, 1.165) is 35.4 Å². The first kappa shape index (κ1) is 21.4. The lowest BCUT2D eigenvalue weighted by Gasteiger charge is -2.57. The van der Waals surface area contributed by atoms with Crippen LogP contribution in [-0.4, -0.2) is 12.1 Å². The molecule has 0 aromatic heterocycles. The third-order valence-electron chi connectivity index (χ3n) is 7.37. The lowest BCUT2D eigenvalue weighted by molar-refractivity contribution is -0.0206. The van der Waals surface area contributed by atoms with Crippen LogP contribution in [0.4, 0.5) is 0 Å². The van der Waals surface area contributed by atoms with Gasteiger partial charge in [0.25, 0.3) is 0 Å². The first-order valence-electron chi connectivity index (χ1n) is 11.6. The average Bonchev–Trinajstić information content (AvgIpc) is 2.72. The van der Waals surface area contributed by atoms with Gasteiger partial charge in [-0.25, -0.2) is 0 Å². The van der Waals surface area contributed by atoms with Gasteiger partial charge in [0.15, 0.2) is 11.5 Å². The van der Waals surface area contributed by atoms with Crippen LogP contribution < -0.4 is 14.8 Å². The Morgan fingerprint density at radius 2 is 1.55 bits per heavy atom. The molecule has 6 rings (SSSR count). The molecule has 31 heavy (non-hydrogen) atoms.